The van der Waals surface area contributed by atoms with Crippen molar-refractivity contribution >= 4 is 23.2 Å². The van der Waals surface area contributed by atoms with Crippen LogP contribution in [0, 0.1) is 23.4 Å². The van der Waals surface area contributed by atoms with E-state index in [1.54, 1.807) is 12.1 Å². The molecule has 0 aromatic heterocycles. The van der Waals surface area contributed by atoms with Gasteiger partial charge in [0.1, 0.15) is 23.1 Å². The highest BCUT2D eigenvalue weighted by Gasteiger charge is 2.26. The van der Waals surface area contributed by atoms with E-state index < -0.39 is 23.2 Å². The summed E-state index contributed by atoms with van der Waals surface area (Å²) in [6, 6.07) is 8.01. The molecule has 0 radical (unpaired) electrons. The van der Waals surface area contributed by atoms with E-state index in [1.165, 1.54) is 12.1 Å². The van der Waals surface area contributed by atoms with Crippen molar-refractivity contribution in [1.29, 1.82) is 0 Å². The molecule has 3 nitrogen and oxygen atoms in total. The summed E-state index contributed by atoms with van der Waals surface area (Å²) < 4.78 is 41.2. The van der Waals surface area contributed by atoms with Gasteiger partial charge in [-0.2, -0.15) is 0 Å². The molecule has 1 fully saturated rings. The van der Waals surface area contributed by atoms with Crippen LogP contribution in [-0.2, 0) is 11.3 Å². The van der Waals surface area contributed by atoms with Gasteiger partial charge < -0.3 is 5.32 Å². The van der Waals surface area contributed by atoms with Crippen molar-refractivity contribution in [2.75, 3.05) is 18.4 Å². The molecule has 1 heterocycles. The fourth-order valence-corrected chi connectivity index (χ4v) is 3.25. The van der Waals surface area contributed by atoms with Gasteiger partial charge in [-0.15, -0.1) is 0 Å². The van der Waals surface area contributed by atoms with Crippen LogP contribution in [0.15, 0.2) is 36.4 Å². The summed E-state index contributed by atoms with van der Waals surface area (Å²) in [7, 11) is 0. The summed E-state index contributed by atoms with van der Waals surface area (Å²) >= 11 is 5.75. The van der Waals surface area contributed by atoms with E-state index in [2.05, 4.69) is 5.32 Å². The van der Waals surface area contributed by atoms with Gasteiger partial charge in [-0.25, -0.2) is 13.2 Å². The average Bonchev–Trinajstić information content (AvgIpc) is 2.61. The van der Waals surface area contributed by atoms with Gasteiger partial charge in [0, 0.05) is 23.0 Å². The van der Waals surface area contributed by atoms with Crippen LogP contribution in [0.25, 0.3) is 0 Å². The molecule has 0 atom stereocenters. The number of benzene rings is 2. The highest BCUT2D eigenvalue weighted by molar-refractivity contribution is 6.30. The summed E-state index contributed by atoms with van der Waals surface area (Å²) in [6.45, 7) is 1.62. The quantitative estimate of drug-likeness (QED) is 0.837. The van der Waals surface area contributed by atoms with Crippen LogP contribution in [0.5, 0.6) is 0 Å². The van der Waals surface area contributed by atoms with Gasteiger partial charge in [-0.1, -0.05) is 23.7 Å². The number of para-hydroxylation sites is 1. The first-order valence-electron chi connectivity index (χ1n) is 8.35. The molecule has 7 heteroatoms. The number of carbonyl (C=O) groups is 1. The Hall–Kier alpha value is -2.05. The summed E-state index contributed by atoms with van der Waals surface area (Å²) in [5.74, 6) is -2.68. The predicted octanol–water partition coefficient (Wildman–Crippen LogP) is 4.61. The second-order valence-corrected chi connectivity index (χ2v) is 6.81. The van der Waals surface area contributed by atoms with Crippen molar-refractivity contribution in [3.8, 4) is 0 Å². The minimum Gasteiger partial charge on any atom is -0.321 e. The minimum atomic E-state index is -0.797. The Morgan fingerprint density at radius 1 is 1.08 bits per heavy atom. The van der Waals surface area contributed by atoms with E-state index in [4.69, 9.17) is 11.6 Å². The van der Waals surface area contributed by atoms with Crippen LogP contribution < -0.4 is 5.32 Å². The van der Waals surface area contributed by atoms with Crippen molar-refractivity contribution in [2.24, 2.45) is 5.92 Å². The first-order chi connectivity index (χ1) is 12.4. The molecule has 26 heavy (non-hydrogen) atoms. The Balaban J connectivity index is 1.55. The predicted molar refractivity (Wildman–Crippen MR) is 94.4 cm³/mol. The summed E-state index contributed by atoms with van der Waals surface area (Å²) in [5.41, 5.74) is 0.133. The molecule has 3 rings (SSSR count). The molecule has 2 aromatic carbocycles. The Kier molecular flexibility index (Phi) is 5.84. The van der Waals surface area contributed by atoms with E-state index in [-0.39, 0.29) is 11.7 Å². The van der Waals surface area contributed by atoms with Crippen LogP contribution in [0.4, 0.5) is 18.9 Å². The second-order valence-electron chi connectivity index (χ2n) is 6.37. The SMILES string of the molecule is O=C(Nc1c(F)cccc1F)C1CCN(Cc2ccc(Cl)cc2F)CC1. The number of likely N-dealkylation sites (tertiary alicyclic amines) is 1. The van der Waals surface area contributed by atoms with Gasteiger partial charge in [0.15, 0.2) is 0 Å². The van der Waals surface area contributed by atoms with Gasteiger partial charge in [-0.3, -0.25) is 9.69 Å². The minimum absolute atomic E-state index is 0.333. The fourth-order valence-electron chi connectivity index (χ4n) is 3.09. The van der Waals surface area contributed by atoms with Gasteiger partial charge in [-0.05, 0) is 50.2 Å². The lowest BCUT2D eigenvalue weighted by atomic mass is 9.95. The third-order valence-corrected chi connectivity index (χ3v) is 4.81. The van der Waals surface area contributed by atoms with Crippen LogP contribution in [-0.4, -0.2) is 23.9 Å². The molecule has 2 aromatic rings. The number of hydrogen-bond acceptors (Lipinski definition) is 2. The zero-order valence-electron chi connectivity index (χ0n) is 13.9. The number of rotatable bonds is 4. The number of anilines is 1. The third kappa shape index (κ3) is 4.37. The molecule has 0 aliphatic carbocycles. The van der Waals surface area contributed by atoms with E-state index in [1.807, 2.05) is 4.90 Å². The Bertz CT molecular complexity index is 787. The number of piperidine rings is 1. The van der Waals surface area contributed by atoms with Crippen molar-refractivity contribution < 1.29 is 18.0 Å². The molecule has 1 amide bonds. The maximum atomic E-state index is 13.9. The fraction of sp³-hybridized carbons (Fsp3) is 0.316. The number of halogens is 4. The Morgan fingerprint density at radius 3 is 2.35 bits per heavy atom. The molecule has 0 unspecified atom stereocenters. The monoisotopic (exact) mass is 382 g/mol. The first kappa shape index (κ1) is 18.7. The molecule has 1 aliphatic rings. The number of nitrogens with one attached hydrogen (secondary N) is 1. The third-order valence-electron chi connectivity index (χ3n) is 4.58. The van der Waals surface area contributed by atoms with Gasteiger partial charge in [0.25, 0.3) is 0 Å². The lowest BCUT2D eigenvalue weighted by molar-refractivity contribution is -0.121. The molecule has 138 valence electrons. The zero-order valence-corrected chi connectivity index (χ0v) is 14.7. The van der Waals surface area contributed by atoms with E-state index >= 15 is 0 Å². The maximum Gasteiger partial charge on any atom is 0.227 e. The molecular weight excluding hydrogens is 365 g/mol. The lowest BCUT2D eigenvalue weighted by Gasteiger charge is -2.31. The average molecular weight is 383 g/mol. The van der Waals surface area contributed by atoms with Crippen LogP contribution in [0.2, 0.25) is 5.02 Å². The van der Waals surface area contributed by atoms with Crippen LogP contribution in [0.3, 0.4) is 0 Å². The van der Waals surface area contributed by atoms with E-state index in [0.717, 1.165) is 12.1 Å². The summed E-state index contributed by atoms with van der Waals surface area (Å²) in [6.07, 6.45) is 1.08. The smallest absolute Gasteiger partial charge is 0.227 e. The number of hydrogen-bond donors (Lipinski definition) is 1. The first-order valence-corrected chi connectivity index (χ1v) is 8.73. The zero-order chi connectivity index (χ0) is 18.7. The number of amides is 1. The maximum absolute atomic E-state index is 13.9. The number of carbonyl (C=O) groups excluding carboxylic acids is 1. The van der Waals surface area contributed by atoms with Crippen molar-refractivity contribution in [2.45, 2.75) is 19.4 Å². The molecule has 1 aliphatic heterocycles. The highest BCUT2D eigenvalue weighted by Crippen LogP contribution is 2.24. The van der Waals surface area contributed by atoms with Gasteiger partial charge >= 0.3 is 0 Å². The molecule has 0 bridgehead atoms. The second kappa shape index (κ2) is 8.10. The summed E-state index contributed by atoms with van der Waals surface area (Å²) in [4.78, 5) is 14.3. The largest absolute Gasteiger partial charge is 0.321 e. The molecule has 1 N–H and O–H groups in total. The van der Waals surface area contributed by atoms with E-state index in [9.17, 15) is 18.0 Å². The van der Waals surface area contributed by atoms with Crippen LogP contribution in [0.1, 0.15) is 18.4 Å². The Labute approximate surface area is 154 Å². The van der Waals surface area contributed by atoms with Crippen molar-refractivity contribution in [1.82, 2.24) is 4.90 Å². The van der Waals surface area contributed by atoms with E-state index in [0.29, 0.717) is 43.1 Å². The van der Waals surface area contributed by atoms with Gasteiger partial charge in [0.05, 0.1) is 0 Å². The normalized spacial score (nSPS) is 15.8. The van der Waals surface area contributed by atoms with Gasteiger partial charge in [0.2, 0.25) is 5.91 Å². The highest BCUT2D eigenvalue weighted by atomic mass is 35.5. The molecule has 1 saturated heterocycles. The van der Waals surface area contributed by atoms with Crippen LogP contribution >= 0.6 is 11.6 Å². The lowest BCUT2D eigenvalue weighted by Crippen LogP contribution is -2.38. The Morgan fingerprint density at radius 2 is 1.73 bits per heavy atom. The standard InChI is InChI=1S/C19H18ClF3N2O/c20-14-5-4-13(17(23)10-14)11-25-8-6-12(7-9-25)19(26)24-18-15(21)2-1-3-16(18)22/h1-5,10,12H,6-9,11H2,(H,24,26). The topological polar surface area (TPSA) is 32.3 Å². The molecular formula is C19H18ClF3N2O. The number of nitrogens with zero attached hydrogens (tertiary/aromatic N) is 1. The van der Waals surface area contributed by atoms with Crippen molar-refractivity contribution in [3.05, 3.63) is 64.4 Å². The molecule has 0 saturated carbocycles. The van der Waals surface area contributed by atoms with Crippen molar-refractivity contribution in [3.63, 3.8) is 0 Å². The summed E-state index contributed by atoms with van der Waals surface area (Å²) in [5, 5.41) is 2.70. The molecule has 0 spiro atoms.